The molecule has 0 saturated carbocycles. The maximum atomic E-state index is 8.94. The smallest absolute Gasteiger partial charge is 0.128 e. The van der Waals surface area contributed by atoms with Crippen molar-refractivity contribution >= 4 is 23.0 Å². The predicted molar refractivity (Wildman–Crippen MR) is 56.5 cm³/mol. The van der Waals surface area contributed by atoms with Gasteiger partial charge in [-0.15, -0.1) is 11.3 Å². The molecule has 0 atom stereocenters. The molecule has 0 spiro atoms. The van der Waals surface area contributed by atoms with Crippen molar-refractivity contribution in [2.45, 2.75) is 0 Å². The summed E-state index contributed by atoms with van der Waals surface area (Å²) in [5.41, 5.74) is 0.634. The Morgan fingerprint density at radius 2 is 2.36 bits per heavy atom. The average molecular weight is 201 g/mol. The van der Waals surface area contributed by atoms with Crippen LogP contribution >= 0.6 is 11.3 Å². The third kappa shape index (κ3) is 1.76. The molecule has 14 heavy (non-hydrogen) atoms. The van der Waals surface area contributed by atoms with Crippen molar-refractivity contribution in [3.05, 3.63) is 46.5 Å². The third-order valence-corrected chi connectivity index (χ3v) is 2.64. The van der Waals surface area contributed by atoms with E-state index in [1.54, 1.807) is 29.7 Å². The van der Waals surface area contributed by atoms with Crippen molar-refractivity contribution in [2.24, 2.45) is 0 Å². The minimum Gasteiger partial charge on any atom is -0.465 e. The second kappa shape index (κ2) is 3.95. The number of hydrogen-bond donors (Lipinski definition) is 0. The van der Waals surface area contributed by atoms with Gasteiger partial charge in [0.1, 0.15) is 11.8 Å². The van der Waals surface area contributed by atoms with Gasteiger partial charge in [-0.3, -0.25) is 0 Å². The van der Waals surface area contributed by atoms with Gasteiger partial charge in [0, 0.05) is 4.88 Å². The monoisotopic (exact) mass is 201 g/mol. The lowest BCUT2D eigenvalue weighted by atomic mass is 10.2. The number of hydrogen-bond acceptors (Lipinski definition) is 3. The zero-order valence-corrected chi connectivity index (χ0v) is 8.12. The summed E-state index contributed by atoms with van der Waals surface area (Å²) in [5, 5.41) is 10.9. The molecule has 2 aromatic rings. The number of thiophene rings is 1. The highest BCUT2D eigenvalue weighted by molar-refractivity contribution is 7.11. The second-order valence-electron chi connectivity index (χ2n) is 2.66. The van der Waals surface area contributed by atoms with Crippen molar-refractivity contribution < 1.29 is 4.42 Å². The fourth-order valence-electron chi connectivity index (χ4n) is 1.11. The highest BCUT2D eigenvalue weighted by atomic mass is 32.1. The summed E-state index contributed by atoms with van der Waals surface area (Å²) in [6.45, 7) is 0. The van der Waals surface area contributed by atoms with E-state index in [4.69, 9.17) is 9.68 Å². The number of nitrogens with zero attached hydrogens (tertiary/aromatic N) is 1. The Morgan fingerprint density at radius 1 is 1.43 bits per heavy atom. The van der Waals surface area contributed by atoms with Gasteiger partial charge >= 0.3 is 0 Å². The van der Waals surface area contributed by atoms with Gasteiger partial charge in [0.05, 0.1) is 11.8 Å². The highest BCUT2D eigenvalue weighted by Crippen LogP contribution is 2.21. The molecule has 2 nitrogen and oxygen atoms in total. The predicted octanol–water partition coefficient (Wildman–Crippen LogP) is 3.41. The van der Waals surface area contributed by atoms with E-state index in [0.717, 1.165) is 4.88 Å². The van der Waals surface area contributed by atoms with Crippen LogP contribution in [0.1, 0.15) is 10.6 Å². The number of rotatable bonds is 2. The van der Waals surface area contributed by atoms with E-state index in [1.165, 1.54) is 0 Å². The standard InChI is InChI=1S/C11H7NOS/c12-8-9(11-4-2-6-14-11)7-10-3-1-5-13-10/h1-7H/b9-7-. The van der Waals surface area contributed by atoms with Gasteiger partial charge in [-0.25, -0.2) is 0 Å². The third-order valence-electron chi connectivity index (χ3n) is 1.74. The maximum absolute atomic E-state index is 8.94. The molecular weight excluding hydrogens is 194 g/mol. The number of furan rings is 1. The molecule has 0 fully saturated rings. The fourth-order valence-corrected chi connectivity index (χ4v) is 1.80. The number of nitriles is 1. The van der Waals surface area contributed by atoms with Crippen molar-refractivity contribution in [2.75, 3.05) is 0 Å². The summed E-state index contributed by atoms with van der Waals surface area (Å²) in [4.78, 5) is 0.962. The van der Waals surface area contributed by atoms with Gasteiger partial charge in [-0.05, 0) is 29.7 Å². The first-order chi connectivity index (χ1) is 6.90. The molecule has 0 aliphatic carbocycles. The summed E-state index contributed by atoms with van der Waals surface area (Å²) in [7, 11) is 0. The van der Waals surface area contributed by atoms with Gasteiger partial charge in [0.15, 0.2) is 0 Å². The normalized spacial score (nSPS) is 11.2. The Labute approximate surface area is 85.7 Å². The topological polar surface area (TPSA) is 36.9 Å². The van der Waals surface area contributed by atoms with Crippen LogP contribution in [-0.4, -0.2) is 0 Å². The van der Waals surface area contributed by atoms with Gasteiger partial charge in [-0.1, -0.05) is 6.07 Å². The van der Waals surface area contributed by atoms with Crippen LogP contribution in [0.2, 0.25) is 0 Å². The Bertz CT molecular complexity index is 460. The quantitative estimate of drug-likeness (QED) is 0.698. The SMILES string of the molecule is N#C/C(=C/c1ccco1)c1cccs1. The van der Waals surface area contributed by atoms with Crippen LogP contribution < -0.4 is 0 Å². The lowest BCUT2D eigenvalue weighted by Gasteiger charge is -1.90. The van der Waals surface area contributed by atoms with Crippen LogP contribution in [0.5, 0.6) is 0 Å². The molecule has 0 bridgehead atoms. The number of allylic oxidation sites excluding steroid dienone is 1. The van der Waals surface area contributed by atoms with E-state index < -0.39 is 0 Å². The van der Waals surface area contributed by atoms with Gasteiger partial charge in [0.25, 0.3) is 0 Å². The second-order valence-corrected chi connectivity index (χ2v) is 3.61. The summed E-state index contributed by atoms with van der Waals surface area (Å²) >= 11 is 1.55. The molecule has 0 amide bonds. The molecule has 2 aromatic heterocycles. The molecule has 3 heteroatoms. The Morgan fingerprint density at radius 3 is 2.93 bits per heavy atom. The zero-order valence-electron chi connectivity index (χ0n) is 7.31. The molecule has 2 heterocycles. The van der Waals surface area contributed by atoms with Crippen molar-refractivity contribution in [1.29, 1.82) is 5.26 Å². The molecule has 0 N–H and O–H groups in total. The first-order valence-corrected chi connectivity index (χ1v) is 4.97. The molecule has 68 valence electrons. The fraction of sp³-hybridized carbons (Fsp3) is 0. The molecule has 0 saturated heterocycles. The molecular formula is C11H7NOS. The first-order valence-electron chi connectivity index (χ1n) is 4.09. The Hall–Kier alpha value is -1.79. The van der Waals surface area contributed by atoms with Crippen molar-refractivity contribution in [3.8, 4) is 6.07 Å². The largest absolute Gasteiger partial charge is 0.465 e. The lowest BCUT2D eigenvalue weighted by Crippen LogP contribution is -1.73. The molecule has 0 unspecified atom stereocenters. The minimum absolute atomic E-state index is 0.634. The van der Waals surface area contributed by atoms with E-state index >= 15 is 0 Å². The first kappa shape index (κ1) is 8.79. The van der Waals surface area contributed by atoms with Crippen LogP contribution in [-0.2, 0) is 0 Å². The maximum Gasteiger partial charge on any atom is 0.128 e. The molecule has 0 aliphatic rings. The summed E-state index contributed by atoms with van der Waals surface area (Å²) in [5.74, 6) is 0.704. The van der Waals surface area contributed by atoms with Crippen molar-refractivity contribution in [3.63, 3.8) is 0 Å². The average Bonchev–Trinajstić information content (AvgIpc) is 2.86. The van der Waals surface area contributed by atoms with Crippen molar-refractivity contribution in [1.82, 2.24) is 0 Å². The van der Waals surface area contributed by atoms with Crippen LogP contribution in [0.25, 0.3) is 11.6 Å². The molecule has 2 rings (SSSR count). The molecule has 0 radical (unpaired) electrons. The molecule has 0 aliphatic heterocycles. The summed E-state index contributed by atoms with van der Waals surface area (Å²) in [6, 6.07) is 9.62. The van der Waals surface area contributed by atoms with E-state index in [9.17, 15) is 0 Å². The van der Waals surface area contributed by atoms with Gasteiger partial charge in [0.2, 0.25) is 0 Å². The van der Waals surface area contributed by atoms with E-state index in [-0.39, 0.29) is 0 Å². The molecule has 0 aromatic carbocycles. The van der Waals surface area contributed by atoms with E-state index in [0.29, 0.717) is 11.3 Å². The van der Waals surface area contributed by atoms with E-state index in [1.807, 2.05) is 23.6 Å². The van der Waals surface area contributed by atoms with E-state index in [2.05, 4.69) is 6.07 Å². The summed E-state index contributed by atoms with van der Waals surface area (Å²) < 4.78 is 5.14. The van der Waals surface area contributed by atoms with Crippen LogP contribution in [0.4, 0.5) is 0 Å². The zero-order chi connectivity index (χ0) is 9.80. The Balaban J connectivity index is 2.37. The van der Waals surface area contributed by atoms with Crippen LogP contribution in [0.15, 0.2) is 40.3 Å². The summed E-state index contributed by atoms with van der Waals surface area (Å²) in [6.07, 6.45) is 3.33. The van der Waals surface area contributed by atoms with Crippen LogP contribution in [0.3, 0.4) is 0 Å². The van der Waals surface area contributed by atoms with Gasteiger partial charge < -0.3 is 4.42 Å². The Kier molecular flexibility index (Phi) is 2.48. The minimum atomic E-state index is 0.634. The highest BCUT2D eigenvalue weighted by Gasteiger charge is 2.02. The van der Waals surface area contributed by atoms with Gasteiger partial charge in [-0.2, -0.15) is 5.26 Å². The lowest BCUT2D eigenvalue weighted by molar-refractivity contribution is 0.557. The van der Waals surface area contributed by atoms with Crippen LogP contribution in [0, 0.1) is 11.3 Å².